The molecule has 0 saturated heterocycles. The van der Waals surface area contributed by atoms with Gasteiger partial charge in [-0.3, -0.25) is 9.52 Å². The number of amides is 1. The standard InChI is InChI=1S/C25H23N5O5S2/c1-17-16-19(8-13-23(17)29-36(32,33)21-6-4-3-5-7-21)24(31)28-20-9-11-22(12-10-20)37(34,35)30-25-26-15-14-18(2)27-25/h3-16,29H,1-2H3,(H,28,31)(H,26,27,30). The van der Waals surface area contributed by atoms with E-state index in [0.29, 0.717) is 28.2 Å². The van der Waals surface area contributed by atoms with Crippen LogP contribution in [0.2, 0.25) is 0 Å². The van der Waals surface area contributed by atoms with Gasteiger partial charge in [-0.25, -0.2) is 31.5 Å². The van der Waals surface area contributed by atoms with E-state index in [4.69, 9.17) is 0 Å². The van der Waals surface area contributed by atoms with E-state index < -0.39 is 26.0 Å². The second kappa shape index (κ2) is 10.4. The highest BCUT2D eigenvalue weighted by Gasteiger charge is 2.18. The third kappa shape index (κ3) is 6.29. The first-order chi connectivity index (χ1) is 17.5. The average Bonchev–Trinajstić information content (AvgIpc) is 2.86. The number of sulfonamides is 2. The first kappa shape index (κ1) is 25.8. The molecule has 3 aromatic carbocycles. The molecular formula is C25H23N5O5S2. The second-order valence-corrected chi connectivity index (χ2v) is 11.4. The van der Waals surface area contributed by atoms with Gasteiger partial charge in [-0.1, -0.05) is 18.2 Å². The van der Waals surface area contributed by atoms with Crippen molar-refractivity contribution in [3.8, 4) is 0 Å². The Morgan fingerprint density at radius 1 is 0.757 bits per heavy atom. The predicted octanol–water partition coefficient (Wildman–Crippen LogP) is 3.95. The van der Waals surface area contributed by atoms with E-state index in [1.54, 1.807) is 44.2 Å². The van der Waals surface area contributed by atoms with E-state index in [9.17, 15) is 21.6 Å². The average molecular weight is 538 g/mol. The number of hydrogen-bond acceptors (Lipinski definition) is 7. The van der Waals surface area contributed by atoms with Gasteiger partial charge in [0.05, 0.1) is 15.5 Å². The zero-order valence-electron chi connectivity index (χ0n) is 19.8. The topological polar surface area (TPSA) is 147 Å². The van der Waals surface area contributed by atoms with Crippen LogP contribution in [0.5, 0.6) is 0 Å². The lowest BCUT2D eigenvalue weighted by molar-refractivity contribution is 0.102. The number of nitrogens with zero attached hydrogens (tertiary/aromatic N) is 2. The van der Waals surface area contributed by atoms with E-state index in [2.05, 4.69) is 24.7 Å². The van der Waals surface area contributed by atoms with Crippen molar-refractivity contribution >= 4 is 43.3 Å². The number of nitrogens with one attached hydrogen (secondary N) is 3. The monoisotopic (exact) mass is 537 g/mol. The third-order valence-corrected chi connectivity index (χ3v) is 7.95. The van der Waals surface area contributed by atoms with Gasteiger partial charge < -0.3 is 5.32 Å². The lowest BCUT2D eigenvalue weighted by atomic mass is 10.1. The van der Waals surface area contributed by atoms with Crippen LogP contribution in [0.15, 0.2) is 94.9 Å². The van der Waals surface area contributed by atoms with Crippen LogP contribution in [0.1, 0.15) is 21.6 Å². The van der Waals surface area contributed by atoms with Crippen molar-refractivity contribution in [1.29, 1.82) is 0 Å². The Balaban J connectivity index is 1.44. The van der Waals surface area contributed by atoms with Crippen LogP contribution in [-0.4, -0.2) is 32.7 Å². The first-order valence-electron chi connectivity index (χ1n) is 11.0. The Labute approximate surface area is 214 Å². The Hall–Kier alpha value is -4.29. The van der Waals surface area contributed by atoms with Gasteiger partial charge in [-0.2, -0.15) is 0 Å². The molecule has 12 heteroatoms. The van der Waals surface area contributed by atoms with E-state index in [-0.39, 0.29) is 15.7 Å². The summed E-state index contributed by atoms with van der Waals surface area (Å²) in [5.41, 5.74) is 2.19. The number of benzene rings is 3. The molecule has 0 fully saturated rings. The minimum absolute atomic E-state index is 0.0264. The maximum absolute atomic E-state index is 12.7. The van der Waals surface area contributed by atoms with Gasteiger partial charge in [0.25, 0.3) is 26.0 Å². The van der Waals surface area contributed by atoms with Gasteiger partial charge >= 0.3 is 0 Å². The zero-order chi connectivity index (χ0) is 26.6. The highest BCUT2D eigenvalue weighted by molar-refractivity contribution is 7.93. The predicted molar refractivity (Wildman–Crippen MR) is 140 cm³/mol. The van der Waals surface area contributed by atoms with E-state index in [1.165, 1.54) is 54.7 Å². The molecule has 0 saturated carbocycles. The molecule has 0 radical (unpaired) electrons. The number of carbonyl (C=O) groups is 1. The molecule has 37 heavy (non-hydrogen) atoms. The molecule has 3 N–H and O–H groups in total. The van der Waals surface area contributed by atoms with Gasteiger partial charge in [0.2, 0.25) is 5.95 Å². The van der Waals surface area contributed by atoms with Gasteiger partial charge in [0.1, 0.15) is 0 Å². The molecular weight excluding hydrogens is 514 g/mol. The molecule has 1 heterocycles. The van der Waals surface area contributed by atoms with Crippen LogP contribution >= 0.6 is 0 Å². The van der Waals surface area contributed by atoms with Gasteiger partial charge in [0, 0.05) is 23.1 Å². The summed E-state index contributed by atoms with van der Waals surface area (Å²) in [5.74, 6) is -0.482. The first-order valence-corrected chi connectivity index (χ1v) is 13.9. The SMILES string of the molecule is Cc1ccnc(NS(=O)(=O)c2ccc(NC(=O)c3ccc(NS(=O)(=O)c4ccccc4)c(C)c3)cc2)n1. The molecule has 0 bridgehead atoms. The van der Waals surface area contributed by atoms with E-state index in [1.807, 2.05) is 0 Å². The fraction of sp³-hybridized carbons (Fsp3) is 0.0800. The van der Waals surface area contributed by atoms with Crippen molar-refractivity contribution in [3.63, 3.8) is 0 Å². The summed E-state index contributed by atoms with van der Waals surface area (Å²) in [5, 5.41) is 2.70. The van der Waals surface area contributed by atoms with Crippen LogP contribution in [0, 0.1) is 13.8 Å². The van der Waals surface area contributed by atoms with Crippen LogP contribution in [0.4, 0.5) is 17.3 Å². The molecule has 0 aliphatic rings. The van der Waals surface area contributed by atoms with Crippen molar-refractivity contribution < 1.29 is 21.6 Å². The molecule has 4 rings (SSSR count). The summed E-state index contributed by atoms with van der Waals surface area (Å²) in [6.45, 7) is 3.40. The summed E-state index contributed by atoms with van der Waals surface area (Å²) in [7, 11) is -7.69. The minimum Gasteiger partial charge on any atom is -0.322 e. The van der Waals surface area contributed by atoms with Gasteiger partial charge in [-0.15, -0.1) is 0 Å². The molecule has 1 aromatic heterocycles. The van der Waals surface area contributed by atoms with Crippen molar-refractivity contribution in [2.45, 2.75) is 23.6 Å². The second-order valence-electron chi connectivity index (χ2n) is 8.05. The summed E-state index contributed by atoms with van der Waals surface area (Å²) in [6.07, 6.45) is 1.45. The van der Waals surface area contributed by atoms with E-state index in [0.717, 1.165) is 0 Å². The number of aryl methyl sites for hydroxylation is 2. The van der Waals surface area contributed by atoms with Crippen LogP contribution in [0.3, 0.4) is 0 Å². The maximum atomic E-state index is 12.7. The molecule has 0 atom stereocenters. The fourth-order valence-corrected chi connectivity index (χ4v) is 5.42. The van der Waals surface area contributed by atoms with Gasteiger partial charge in [-0.05, 0) is 80.1 Å². The normalized spacial score (nSPS) is 11.5. The molecule has 0 unspecified atom stereocenters. The molecule has 0 aliphatic heterocycles. The number of anilines is 3. The molecule has 0 spiro atoms. The number of hydrogen-bond donors (Lipinski definition) is 3. The molecule has 190 valence electrons. The number of aromatic nitrogens is 2. The smallest absolute Gasteiger partial charge is 0.264 e. The summed E-state index contributed by atoms with van der Waals surface area (Å²) in [6, 6.07) is 19.8. The fourth-order valence-electron chi connectivity index (χ4n) is 3.32. The Morgan fingerprint density at radius 2 is 1.41 bits per heavy atom. The Bertz CT molecular complexity index is 1660. The highest BCUT2D eigenvalue weighted by atomic mass is 32.2. The molecule has 10 nitrogen and oxygen atoms in total. The van der Waals surface area contributed by atoms with Crippen LogP contribution in [0.25, 0.3) is 0 Å². The summed E-state index contributed by atoms with van der Waals surface area (Å²) in [4.78, 5) is 20.8. The number of carbonyl (C=O) groups excluding carboxylic acids is 1. The highest BCUT2D eigenvalue weighted by Crippen LogP contribution is 2.22. The quantitative estimate of drug-likeness (QED) is 0.308. The largest absolute Gasteiger partial charge is 0.322 e. The summed E-state index contributed by atoms with van der Waals surface area (Å²) < 4.78 is 55.2. The van der Waals surface area contributed by atoms with Gasteiger partial charge in [0.15, 0.2) is 0 Å². The van der Waals surface area contributed by atoms with Crippen molar-refractivity contribution in [2.24, 2.45) is 0 Å². The Morgan fingerprint density at radius 3 is 2.05 bits per heavy atom. The molecule has 4 aromatic rings. The third-order valence-electron chi connectivity index (χ3n) is 5.23. The Kier molecular flexibility index (Phi) is 7.23. The molecule has 0 aliphatic carbocycles. The zero-order valence-corrected chi connectivity index (χ0v) is 21.5. The lowest BCUT2D eigenvalue weighted by Crippen LogP contribution is -2.16. The van der Waals surface area contributed by atoms with Crippen molar-refractivity contribution in [2.75, 3.05) is 14.8 Å². The van der Waals surface area contributed by atoms with Crippen molar-refractivity contribution in [1.82, 2.24) is 9.97 Å². The van der Waals surface area contributed by atoms with E-state index >= 15 is 0 Å². The van der Waals surface area contributed by atoms with Crippen LogP contribution in [-0.2, 0) is 20.0 Å². The molecule has 1 amide bonds. The van der Waals surface area contributed by atoms with Crippen molar-refractivity contribution in [3.05, 3.63) is 102 Å². The maximum Gasteiger partial charge on any atom is 0.264 e. The lowest BCUT2D eigenvalue weighted by Gasteiger charge is -2.12. The number of rotatable bonds is 8. The van der Waals surface area contributed by atoms with Crippen LogP contribution < -0.4 is 14.8 Å². The minimum atomic E-state index is -3.92. The summed E-state index contributed by atoms with van der Waals surface area (Å²) >= 11 is 0.